The number of hydrogen-bond donors (Lipinski definition) is 2. The molecule has 0 amide bonds. The Labute approximate surface area is 117 Å². The fourth-order valence-corrected chi connectivity index (χ4v) is 3.15. The normalized spacial score (nSPS) is 20.2. The molecule has 0 heterocycles. The molecular formula is C17H27NO. The van der Waals surface area contributed by atoms with Gasteiger partial charge in [0.2, 0.25) is 0 Å². The molecule has 0 saturated heterocycles. The molecule has 0 aliphatic heterocycles. The Hall–Kier alpha value is -0.860. The summed E-state index contributed by atoms with van der Waals surface area (Å²) in [4.78, 5) is 0. The highest BCUT2D eigenvalue weighted by atomic mass is 16.3. The molecule has 19 heavy (non-hydrogen) atoms. The second kappa shape index (κ2) is 6.53. The third-order valence-electron chi connectivity index (χ3n) is 4.56. The maximum atomic E-state index is 9.97. The molecule has 2 rings (SSSR count). The highest BCUT2D eigenvalue weighted by molar-refractivity contribution is 5.28. The standard InChI is InChI=1S/C17H27NO/c1-3-17(13-19,15-11-9-14(2)10-12-15)18-16-7-5-4-6-8-16/h9-12,16,18-19H,3-8,13H2,1-2H3. The molecule has 1 unspecified atom stereocenters. The van der Waals surface area contributed by atoms with Crippen molar-refractivity contribution >= 4 is 0 Å². The van der Waals surface area contributed by atoms with Crippen molar-refractivity contribution in [2.45, 2.75) is 64.0 Å². The van der Waals surface area contributed by atoms with Crippen LogP contribution in [0.4, 0.5) is 0 Å². The number of aryl methyl sites for hydroxylation is 1. The Morgan fingerprint density at radius 2 is 1.79 bits per heavy atom. The highest BCUT2D eigenvalue weighted by Gasteiger charge is 2.32. The molecule has 1 saturated carbocycles. The Balaban J connectivity index is 2.18. The summed E-state index contributed by atoms with van der Waals surface area (Å²) in [5.41, 5.74) is 2.22. The first-order valence-corrected chi connectivity index (χ1v) is 7.66. The zero-order chi connectivity index (χ0) is 13.7. The van der Waals surface area contributed by atoms with Crippen molar-refractivity contribution in [2.75, 3.05) is 6.61 Å². The molecule has 0 aromatic heterocycles. The minimum atomic E-state index is -0.268. The van der Waals surface area contributed by atoms with Gasteiger partial charge < -0.3 is 10.4 Å². The first-order chi connectivity index (χ1) is 9.20. The van der Waals surface area contributed by atoms with Gasteiger partial charge in [0.05, 0.1) is 12.1 Å². The Morgan fingerprint density at radius 3 is 2.32 bits per heavy atom. The van der Waals surface area contributed by atoms with E-state index in [2.05, 4.69) is 43.4 Å². The van der Waals surface area contributed by atoms with Crippen molar-refractivity contribution < 1.29 is 5.11 Å². The van der Waals surface area contributed by atoms with Crippen LogP contribution < -0.4 is 5.32 Å². The monoisotopic (exact) mass is 261 g/mol. The molecular weight excluding hydrogens is 234 g/mol. The predicted molar refractivity (Wildman–Crippen MR) is 80.2 cm³/mol. The van der Waals surface area contributed by atoms with Gasteiger partial charge in [-0.3, -0.25) is 0 Å². The van der Waals surface area contributed by atoms with Gasteiger partial charge in [-0.15, -0.1) is 0 Å². The van der Waals surface area contributed by atoms with E-state index in [4.69, 9.17) is 0 Å². The molecule has 0 bridgehead atoms. The van der Waals surface area contributed by atoms with Crippen molar-refractivity contribution in [2.24, 2.45) is 0 Å². The van der Waals surface area contributed by atoms with Crippen molar-refractivity contribution in [3.63, 3.8) is 0 Å². The van der Waals surface area contributed by atoms with Gasteiger partial charge >= 0.3 is 0 Å². The molecule has 1 fully saturated rings. The molecule has 1 aliphatic rings. The van der Waals surface area contributed by atoms with Crippen LogP contribution in [0.25, 0.3) is 0 Å². The average molecular weight is 261 g/mol. The molecule has 2 N–H and O–H groups in total. The average Bonchev–Trinajstić information content (AvgIpc) is 2.47. The van der Waals surface area contributed by atoms with Crippen LogP contribution in [0.15, 0.2) is 24.3 Å². The van der Waals surface area contributed by atoms with Gasteiger partial charge in [-0.2, -0.15) is 0 Å². The van der Waals surface area contributed by atoms with Crippen LogP contribution in [-0.2, 0) is 5.54 Å². The first kappa shape index (κ1) is 14.5. The highest BCUT2D eigenvalue weighted by Crippen LogP contribution is 2.29. The Bertz CT molecular complexity index is 375. The van der Waals surface area contributed by atoms with Crippen LogP contribution in [0.5, 0.6) is 0 Å². The van der Waals surface area contributed by atoms with Crippen LogP contribution in [0, 0.1) is 6.92 Å². The number of nitrogens with one attached hydrogen (secondary N) is 1. The van der Waals surface area contributed by atoms with E-state index in [0.29, 0.717) is 6.04 Å². The molecule has 1 aromatic carbocycles. The minimum Gasteiger partial charge on any atom is -0.394 e. The van der Waals surface area contributed by atoms with Crippen LogP contribution in [0.2, 0.25) is 0 Å². The van der Waals surface area contributed by atoms with E-state index in [0.717, 1.165) is 6.42 Å². The lowest BCUT2D eigenvalue weighted by Gasteiger charge is -2.38. The lowest BCUT2D eigenvalue weighted by atomic mass is 9.84. The van der Waals surface area contributed by atoms with Gasteiger partial charge in [0.15, 0.2) is 0 Å². The smallest absolute Gasteiger partial charge is 0.0668 e. The molecule has 1 aromatic rings. The second-order valence-electron chi connectivity index (χ2n) is 5.94. The molecule has 2 heteroatoms. The van der Waals surface area contributed by atoms with E-state index in [-0.39, 0.29) is 12.1 Å². The maximum Gasteiger partial charge on any atom is 0.0668 e. The van der Waals surface area contributed by atoms with Gasteiger partial charge in [0.1, 0.15) is 0 Å². The largest absolute Gasteiger partial charge is 0.394 e. The quantitative estimate of drug-likeness (QED) is 0.850. The minimum absolute atomic E-state index is 0.170. The van der Waals surface area contributed by atoms with Gasteiger partial charge in [0.25, 0.3) is 0 Å². The number of aliphatic hydroxyl groups excluding tert-OH is 1. The molecule has 2 nitrogen and oxygen atoms in total. The zero-order valence-corrected chi connectivity index (χ0v) is 12.3. The first-order valence-electron chi connectivity index (χ1n) is 7.66. The fraction of sp³-hybridized carbons (Fsp3) is 0.647. The molecule has 106 valence electrons. The Morgan fingerprint density at radius 1 is 1.16 bits per heavy atom. The summed E-state index contributed by atoms with van der Waals surface area (Å²) in [6.07, 6.45) is 7.40. The summed E-state index contributed by atoms with van der Waals surface area (Å²) in [5, 5.41) is 13.7. The molecule has 0 radical (unpaired) electrons. The molecule has 1 atom stereocenters. The van der Waals surface area contributed by atoms with E-state index < -0.39 is 0 Å². The van der Waals surface area contributed by atoms with Gasteiger partial charge in [0, 0.05) is 6.04 Å². The topological polar surface area (TPSA) is 32.3 Å². The second-order valence-corrected chi connectivity index (χ2v) is 5.94. The van der Waals surface area contributed by atoms with Crippen LogP contribution in [-0.4, -0.2) is 17.8 Å². The lowest BCUT2D eigenvalue weighted by molar-refractivity contribution is 0.132. The van der Waals surface area contributed by atoms with E-state index >= 15 is 0 Å². The van der Waals surface area contributed by atoms with E-state index in [9.17, 15) is 5.11 Å². The predicted octanol–water partition coefficient (Wildman–Crippen LogP) is 3.51. The third kappa shape index (κ3) is 3.37. The Kier molecular flexibility index (Phi) is 5.00. The summed E-state index contributed by atoms with van der Waals surface area (Å²) in [7, 11) is 0. The van der Waals surface area contributed by atoms with Crippen LogP contribution in [0.3, 0.4) is 0 Å². The molecule has 0 spiro atoms. The molecule has 1 aliphatic carbocycles. The number of rotatable bonds is 5. The van der Waals surface area contributed by atoms with Gasteiger partial charge in [-0.05, 0) is 31.7 Å². The fourth-order valence-electron chi connectivity index (χ4n) is 3.15. The van der Waals surface area contributed by atoms with Gasteiger partial charge in [-0.1, -0.05) is 56.0 Å². The van der Waals surface area contributed by atoms with Crippen LogP contribution >= 0.6 is 0 Å². The lowest BCUT2D eigenvalue weighted by Crippen LogP contribution is -2.50. The number of aliphatic hydroxyl groups is 1. The van der Waals surface area contributed by atoms with Gasteiger partial charge in [-0.25, -0.2) is 0 Å². The van der Waals surface area contributed by atoms with E-state index in [1.807, 2.05) is 0 Å². The van der Waals surface area contributed by atoms with Crippen molar-refractivity contribution in [1.29, 1.82) is 0 Å². The number of benzene rings is 1. The summed E-state index contributed by atoms with van der Waals surface area (Å²) in [6.45, 7) is 4.43. The SMILES string of the molecule is CCC(CO)(NC1CCCCC1)c1ccc(C)cc1. The third-order valence-corrected chi connectivity index (χ3v) is 4.56. The zero-order valence-electron chi connectivity index (χ0n) is 12.3. The van der Waals surface area contributed by atoms with E-state index in [1.165, 1.54) is 43.2 Å². The van der Waals surface area contributed by atoms with Crippen molar-refractivity contribution in [1.82, 2.24) is 5.32 Å². The van der Waals surface area contributed by atoms with Crippen molar-refractivity contribution in [3.8, 4) is 0 Å². The number of hydrogen-bond acceptors (Lipinski definition) is 2. The summed E-state index contributed by atoms with van der Waals surface area (Å²) in [5.74, 6) is 0. The maximum absolute atomic E-state index is 9.97. The summed E-state index contributed by atoms with van der Waals surface area (Å²) in [6, 6.07) is 9.15. The van der Waals surface area contributed by atoms with Crippen LogP contribution in [0.1, 0.15) is 56.6 Å². The van der Waals surface area contributed by atoms with E-state index in [1.54, 1.807) is 0 Å². The summed E-state index contributed by atoms with van der Waals surface area (Å²) >= 11 is 0. The van der Waals surface area contributed by atoms with Crippen molar-refractivity contribution in [3.05, 3.63) is 35.4 Å². The summed E-state index contributed by atoms with van der Waals surface area (Å²) < 4.78 is 0.